The van der Waals surface area contributed by atoms with Gasteiger partial charge in [0.1, 0.15) is 0 Å². The topological polar surface area (TPSA) is 9.23 Å². The molecule has 0 N–H and O–H groups in total. The van der Waals surface area contributed by atoms with Crippen LogP contribution in [0.3, 0.4) is 0 Å². The van der Waals surface area contributed by atoms with Crippen LogP contribution >= 0.6 is 0 Å². The van der Waals surface area contributed by atoms with Crippen molar-refractivity contribution in [2.75, 3.05) is 14.2 Å². The second kappa shape index (κ2) is 24.9. The molecule has 0 aliphatic heterocycles. The van der Waals surface area contributed by atoms with E-state index in [0.717, 1.165) is 0 Å². The lowest BCUT2D eigenvalue weighted by atomic mass is 9.77. The van der Waals surface area contributed by atoms with E-state index >= 15 is 0 Å². The van der Waals surface area contributed by atoms with Crippen LogP contribution in [0.15, 0.2) is 47.6 Å². The third-order valence-electron chi connectivity index (χ3n) is 4.55. The van der Waals surface area contributed by atoms with E-state index in [-0.39, 0.29) is 0 Å². The molecule has 27 heavy (non-hydrogen) atoms. The molecular formula is C26H52O. The molecule has 3 atom stereocenters. The normalized spacial score (nSPS) is 15.2. The Balaban J connectivity index is -0.000000246. The fourth-order valence-electron chi connectivity index (χ4n) is 2.50. The van der Waals surface area contributed by atoms with Crippen LogP contribution in [0.1, 0.15) is 83.1 Å². The van der Waals surface area contributed by atoms with Crippen LogP contribution < -0.4 is 0 Å². The van der Waals surface area contributed by atoms with Crippen molar-refractivity contribution in [2.45, 2.75) is 83.1 Å². The zero-order valence-electron chi connectivity index (χ0n) is 21.2. The van der Waals surface area contributed by atoms with Gasteiger partial charge in [0.15, 0.2) is 0 Å². The summed E-state index contributed by atoms with van der Waals surface area (Å²) in [7, 11) is 3.25. The highest BCUT2D eigenvalue weighted by Gasteiger charge is 2.21. The summed E-state index contributed by atoms with van der Waals surface area (Å²) in [5, 5.41) is 0. The first-order valence-corrected chi connectivity index (χ1v) is 10.7. The molecule has 1 heteroatoms. The molecule has 0 heterocycles. The Hall–Kier alpha value is -1.08. The third-order valence-corrected chi connectivity index (χ3v) is 4.55. The molecule has 0 aromatic rings. The highest BCUT2D eigenvalue weighted by atomic mass is 16.4. The lowest BCUT2D eigenvalue weighted by Gasteiger charge is -2.28. The fraction of sp³-hybridized carbons (Fsp3) is 0.692. The van der Waals surface area contributed by atoms with E-state index in [9.17, 15) is 0 Å². The van der Waals surface area contributed by atoms with Gasteiger partial charge in [-0.05, 0) is 69.4 Å². The van der Waals surface area contributed by atoms with Gasteiger partial charge in [-0.25, -0.2) is 0 Å². The minimum atomic E-state index is 0.582. The molecule has 0 aromatic carbocycles. The van der Waals surface area contributed by atoms with Crippen molar-refractivity contribution in [1.82, 2.24) is 0 Å². The smallest absolute Gasteiger partial charge is 0.0351 e. The number of ether oxygens (including phenoxy) is 1. The average molecular weight is 381 g/mol. The molecule has 0 aliphatic rings. The van der Waals surface area contributed by atoms with E-state index in [2.05, 4.69) is 84.4 Å². The minimum Gasteiger partial charge on any atom is -0.388 e. The van der Waals surface area contributed by atoms with E-state index in [1.54, 1.807) is 14.2 Å². The Morgan fingerprint density at radius 1 is 0.630 bits per heavy atom. The molecular weight excluding hydrogens is 328 g/mol. The van der Waals surface area contributed by atoms with Crippen molar-refractivity contribution in [2.24, 2.45) is 23.7 Å². The van der Waals surface area contributed by atoms with Crippen LogP contribution in [-0.4, -0.2) is 14.2 Å². The molecule has 162 valence electrons. The first-order valence-electron chi connectivity index (χ1n) is 10.7. The zero-order valence-corrected chi connectivity index (χ0v) is 21.2. The SMILES string of the molecule is C/C=C\C.C/C=C\C(C)[C@H](C)C(=C\C)/C(=C/C)[C@H](C)C(C)C.CC.COC. The Morgan fingerprint density at radius 2 is 0.963 bits per heavy atom. The highest BCUT2D eigenvalue weighted by molar-refractivity contribution is 5.35. The van der Waals surface area contributed by atoms with E-state index in [1.165, 1.54) is 11.1 Å². The Morgan fingerprint density at radius 3 is 1.19 bits per heavy atom. The van der Waals surface area contributed by atoms with Gasteiger partial charge in [0, 0.05) is 14.2 Å². The van der Waals surface area contributed by atoms with E-state index in [4.69, 9.17) is 0 Å². The molecule has 0 spiro atoms. The van der Waals surface area contributed by atoms with Crippen LogP contribution in [0.2, 0.25) is 0 Å². The molecule has 0 rings (SSSR count). The van der Waals surface area contributed by atoms with Gasteiger partial charge in [0.2, 0.25) is 0 Å². The molecule has 0 saturated carbocycles. The van der Waals surface area contributed by atoms with Gasteiger partial charge in [-0.15, -0.1) is 0 Å². The summed E-state index contributed by atoms with van der Waals surface area (Å²) in [4.78, 5) is 0. The van der Waals surface area contributed by atoms with Crippen molar-refractivity contribution >= 4 is 0 Å². The summed E-state index contributed by atoms with van der Waals surface area (Å²) >= 11 is 0. The van der Waals surface area contributed by atoms with Crippen LogP contribution in [-0.2, 0) is 4.74 Å². The van der Waals surface area contributed by atoms with Crippen molar-refractivity contribution in [3.63, 3.8) is 0 Å². The van der Waals surface area contributed by atoms with Gasteiger partial charge in [-0.3, -0.25) is 0 Å². The molecule has 0 radical (unpaired) electrons. The monoisotopic (exact) mass is 380 g/mol. The first kappa shape index (κ1) is 33.5. The lowest BCUT2D eigenvalue weighted by molar-refractivity contribution is 0.277. The summed E-state index contributed by atoms with van der Waals surface area (Å²) in [6.07, 6.45) is 13.1. The molecule has 0 aliphatic carbocycles. The molecule has 0 saturated heterocycles. The summed E-state index contributed by atoms with van der Waals surface area (Å²) in [6, 6.07) is 0. The summed E-state index contributed by atoms with van der Waals surface area (Å²) in [5.41, 5.74) is 3.04. The number of methoxy groups -OCH3 is 1. The maximum absolute atomic E-state index is 4.25. The quantitative estimate of drug-likeness (QED) is 0.330. The van der Waals surface area contributed by atoms with Crippen molar-refractivity contribution < 1.29 is 4.74 Å². The second-order valence-electron chi connectivity index (χ2n) is 6.77. The van der Waals surface area contributed by atoms with Crippen molar-refractivity contribution in [3.05, 3.63) is 47.6 Å². The lowest BCUT2D eigenvalue weighted by Crippen LogP contribution is -2.16. The standard InChI is InChI=1S/C18H32.C4H8.C2H6O.C2H6/c1-9-12-14(6)16(8)18(11-3)17(10-2)15(7)13(4)5;1-3-4-2;1-3-2;1-2/h9-16H,1-8H3;3-4H,1-2H3;1-2H3;1-2H3/b12-9-,17-10+,18-11+;4-3-;;/t14?,15-,16+;;;/m1.../s1. The Bertz CT molecular complexity index is 392. The minimum absolute atomic E-state index is 0.582. The van der Waals surface area contributed by atoms with Gasteiger partial charge in [0.25, 0.3) is 0 Å². The van der Waals surface area contributed by atoms with Gasteiger partial charge in [-0.1, -0.05) is 84.9 Å². The predicted octanol–water partition coefficient (Wildman–Crippen LogP) is 8.89. The van der Waals surface area contributed by atoms with Gasteiger partial charge < -0.3 is 4.74 Å². The van der Waals surface area contributed by atoms with E-state index in [0.29, 0.717) is 23.7 Å². The molecule has 0 bridgehead atoms. The van der Waals surface area contributed by atoms with Crippen molar-refractivity contribution in [1.29, 1.82) is 0 Å². The van der Waals surface area contributed by atoms with Gasteiger partial charge >= 0.3 is 0 Å². The van der Waals surface area contributed by atoms with Crippen LogP contribution in [0.25, 0.3) is 0 Å². The Kier molecular flexibility index (Phi) is 30.9. The largest absolute Gasteiger partial charge is 0.388 e. The van der Waals surface area contributed by atoms with E-state index in [1.807, 2.05) is 39.8 Å². The van der Waals surface area contributed by atoms with Crippen molar-refractivity contribution in [3.8, 4) is 0 Å². The van der Waals surface area contributed by atoms with Gasteiger partial charge in [0.05, 0.1) is 0 Å². The maximum atomic E-state index is 4.25. The molecule has 1 unspecified atom stereocenters. The first-order chi connectivity index (χ1) is 12.7. The van der Waals surface area contributed by atoms with Crippen LogP contribution in [0, 0.1) is 23.7 Å². The maximum Gasteiger partial charge on any atom is 0.0351 e. The highest BCUT2D eigenvalue weighted by Crippen LogP contribution is 2.34. The summed E-state index contributed by atoms with van der Waals surface area (Å²) < 4.78 is 4.25. The number of hydrogen-bond acceptors (Lipinski definition) is 1. The third kappa shape index (κ3) is 18.1. The number of rotatable bonds is 6. The summed E-state index contributed by atoms with van der Waals surface area (Å²) in [6.45, 7) is 26.1. The zero-order chi connectivity index (χ0) is 22.4. The second-order valence-corrected chi connectivity index (χ2v) is 6.77. The molecule has 0 amide bonds. The number of hydrogen-bond donors (Lipinski definition) is 0. The summed E-state index contributed by atoms with van der Waals surface area (Å²) in [5.74, 6) is 2.49. The molecule has 1 nitrogen and oxygen atoms in total. The number of allylic oxidation sites excluding steroid dienone is 8. The Labute approximate surface area is 173 Å². The van der Waals surface area contributed by atoms with Crippen LogP contribution in [0.4, 0.5) is 0 Å². The van der Waals surface area contributed by atoms with E-state index < -0.39 is 0 Å². The van der Waals surface area contributed by atoms with Gasteiger partial charge in [-0.2, -0.15) is 0 Å². The molecule has 0 fully saturated rings. The molecule has 0 aromatic heterocycles. The predicted molar refractivity (Wildman–Crippen MR) is 129 cm³/mol. The fourth-order valence-corrected chi connectivity index (χ4v) is 2.50. The average Bonchev–Trinajstić information content (AvgIpc) is 2.67. The van der Waals surface area contributed by atoms with Crippen LogP contribution in [0.5, 0.6) is 0 Å².